The number of amides is 4. The maximum Gasteiger partial charge on any atom is 0.314 e. The zero-order valence-electron chi connectivity index (χ0n) is 21.5. The topological polar surface area (TPSA) is 101 Å². The number of nitrogens with one attached hydrogen (secondary N) is 4. The van der Waals surface area contributed by atoms with E-state index in [-0.39, 0.29) is 12.1 Å². The van der Waals surface area contributed by atoms with E-state index in [0.717, 1.165) is 63.8 Å². The molecule has 0 radical (unpaired) electrons. The van der Waals surface area contributed by atoms with Crippen LogP contribution in [0.25, 0.3) is 0 Å². The van der Waals surface area contributed by atoms with Gasteiger partial charge in [0.2, 0.25) is 0 Å². The number of unbranched alkanes of at least 4 members (excludes halogenated alkanes) is 3. The molecule has 190 valence electrons. The number of hydrogen-bond donors (Lipinski definition) is 4. The zero-order valence-corrected chi connectivity index (χ0v) is 23.5. The van der Waals surface area contributed by atoms with Crippen molar-refractivity contribution < 1.29 is 18.4 Å². The summed E-state index contributed by atoms with van der Waals surface area (Å²) in [7, 11) is -3.11. The Hall–Kier alpha value is -1.11. The van der Waals surface area contributed by atoms with Crippen LogP contribution in [0.2, 0.25) is 38.3 Å². The Morgan fingerprint density at radius 2 is 0.875 bits per heavy atom. The van der Waals surface area contributed by atoms with Crippen molar-refractivity contribution in [1.82, 2.24) is 21.3 Å². The maximum absolute atomic E-state index is 11.8. The van der Waals surface area contributed by atoms with Crippen LogP contribution in [-0.4, -0.2) is 68.1 Å². The molecule has 0 fully saturated rings. The Morgan fingerprint density at radius 3 is 1.19 bits per heavy atom. The highest BCUT2D eigenvalue weighted by Gasteiger charge is 2.21. The van der Waals surface area contributed by atoms with Gasteiger partial charge in [0, 0.05) is 39.4 Å². The molecule has 4 N–H and O–H groups in total. The molecule has 8 nitrogen and oxygen atoms in total. The Morgan fingerprint density at radius 1 is 0.562 bits per heavy atom. The molecule has 0 aliphatic rings. The number of hydrogen-bond acceptors (Lipinski definition) is 4. The van der Waals surface area contributed by atoms with Gasteiger partial charge in [-0.2, -0.15) is 0 Å². The largest absolute Gasteiger partial charge is 0.418 e. The van der Waals surface area contributed by atoms with Crippen LogP contribution in [0.1, 0.15) is 52.4 Å². The molecule has 0 rings (SSSR count). The molecule has 0 bridgehead atoms. The molecule has 0 aromatic carbocycles. The van der Waals surface area contributed by atoms with Gasteiger partial charge in [-0.25, -0.2) is 9.59 Å². The minimum Gasteiger partial charge on any atom is -0.418 e. The van der Waals surface area contributed by atoms with E-state index >= 15 is 0 Å². The van der Waals surface area contributed by atoms with Gasteiger partial charge < -0.3 is 30.1 Å². The van der Waals surface area contributed by atoms with Crippen molar-refractivity contribution in [3.05, 3.63) is 0 Å². The summed E-state index contributed by atoms with van der Waals surface area (Å²) in [6.07, 6.45) is 5.89. The fourth-order valence-electron chi connectivity index (χ4n) is 3.49. The second-order valence-corrected chi connectivity index (χ2v) is 18.0. The summed E-state index contributed by atoms with van der Waals surface area (Å²) < 4.78 is 11.6. The van der Waals surface area contributed by atoms with E-state index in [9.17, 15) is 9.59 Å². The minimum atomic E-state index is -1.55. The highest BCUT2D eigenvalue weighted by Crippen LogP contribution is 2.13. The van der Waals surface area contributed by atoms with Crippen LogP contribution in [0.4, 0.5) is 9.59 Å². The molecular formula is C22H50N4O4Si2. The van der Waals surface area contributed by atoms with Crippen molar-refractivity contribution >= 4 is 28.7 Å². The van der Waals surface area contributed by atoms with Gasteiger partial charge in [-0.15, -0.1) is 0 Å². The fourth-order valence-corrected chi connectivity index (χ4v) is 7.40. The van der Waals surface area contributed by atoms with Crippen LogP contribution in [0, 0.1) is 0 Å². The first-order chi connectivity index (χ1) is 15.1. The number of rotatable bonds is 19. The molecule has 0 aromatic rings. The molecule has 0 aliphatic carbocycles. The predicted molar refractivity (Wildman–Crippen MR) is 138 cm³/mol. The van der Waals surface area contributed by atoms with Crippen molar-refractivity contribution in [3.8, 4) is 0 Å². The van der Waals surface area contributed by atoms with Gasteiger partial charge in [0.1, 0.15) is 0 Å². The summed E-state index contributed by atoms with van der Waals surface area (Å²) in [4.78, 5) is 23.6. The van der Waals surface area contributed by atoms with E-state index in [0.29, 0.717) is 26.2 Å². The molecular weight excluding hydrogens is 440 g/mol. The molecule has 0 spiro atoms. The second kappa shape index (κ2) is 18.3. The van der Waals surface area contributed by atoms with Crippen LogP contribution in [0.15, 0.2) is 0 Å². The van der Waals surface area contributed by atoms with E-state index in [4.69, 9.17) is 8.85 Å². The number of carbonyl (C=O) groups excluding carboxylic acids is 2. The van der Waals surface area contributed by atoms with E-state index in [1.54, 1.807) is 0 Å². The lowest BCUT2D eigenvalue weighted by atomic mass is 10.2. The first-order valence-corrected chi connectivity index (χ1v) is 18.7. The van der Waals surface area contributed by atoms with Crippen molar-refractivity contribution in [2.24, 2.45) is 0 Å². The molecule has 0 aliphatic heterocycles. The van der Waals surface area contributed by atoms with Gasteiger partial charge in [-0.05, 0) is 77.8 Å². The van der Waals surface area contributed by atoms with Crippen molar-refractivity contribution in [2.45, 2.75) is 90.6 Å². The normalized spacial score (nSPS) is 11.8. The summed E-state index contributed by atoms with van der Waals surface area (Å²) in [6.45, 7) is 17.2. The Bertz CT molecular complexity index is 464. The van der Waals surface area contributed by atoms with E-state index in [2.05, 4.69) is 47.5 Å². The average Bonchev–Trinajstić information content (AvgIpc) is 2.70. The molecule has 0 unspecified atom stereocenters. The lowest BCUT2D eigenvalue weighted by Gasteiger charge is -2.21. The number of carbonyl (C=O) groups is 2. The number of urea groups is 2. The molecule has 10 heteroatoms. The molecule has 0 atom stereocenters. The summed E-state index contributed by atoms with van der Waals surface area (Å²) >= 11 is 0. The zero-order chi connectivity index (χ0) is 24.3. The minimum absolute atomic E-state index is 0.0912. The van der Waals surface area contributed by atoms with Gasteiger partial charge in [-0.3, -0.25) is 0 Å². The van der Waals surface area contributed by atoms with Crippen LogP contribution < -0.4 is 21.3 Å². The van der Waals surface area contributed by atoms with E-state index in [1.807, 2.05) is 13.8 Å². The Balaban J connectivity index is 3.49. The van der Waals surface area contributed by atoms with Crippen molar-refractivity contribution in [3.63, 3.8) is 0 Å². The highest BCUT2D eigenvalue weighted by molar-refractivity contribution is 6.71. The molecule has 0 heterocycles. The lowest BCUT2D eigenvalue weighted by Crippen LogP contribution is -2.38. The predicted octanol–water partition coefficient (Wildman–Crippen LogP) is 4.41. The third-order valence-corrected chi connectivity index (χ3v) is 10.5. The van der Waals surface area contributed by atoms with E-state index < -0.39 is 16.6 Å². The standard InChI is InChI=1S/C22H50N4O4Si2/c1-7-29-31(3,4)19-13-17-25-21(27)23-15-11-9-10-12-16-24-22(28)26-18-14-20-32(5,6)30-8-2/h7-20H2,1-6H3,(H2,23,25,27)(H2,24,26,28). The van der Waals surface area contributed by atoms with Crippen molar-refractivity contribution in [2.75, 3.05) is 39.4 Å². The molecule has 0 aromatic heterocycles. The third-order valence-electron chi connectivity index (χ3n) is 5.23. The maximum atomic E-state index is 11.8. The highest BCUT2D eigenvalue weighted by atomic mass is 28.4. The SMILES string of the molecule is CCO[Si](C)(C)CCCNC(=O)NCCCCCCNC(=O)NCCC[Si](C)(C)OCC. The summed E-state index contributed by atoms with van der Waals surface area (Å²) in [5.41, 5.74) is 0. The van der Waals surface area contributed by atoms with Gasteiger partial charge in [-0.1, -0.05) is 12.8 Å². The van der Waals surface area contributed by atoms with Crippen LogP contribution in [-0.2, 0) is 8.85 Å². The van der Waals surface area contributed by atoms with Gasteiger partial charge in [0.25, 0.3) is 0 Å². The molecule has 4 amide bonds. The first-order valence-electron chi connectivity index (χ1n) is 12.4. The average molecular weight is 491 g/mol. The lowest BCUT2D eigenvalue weighted by molar-refractivity contribution is 0.239. The van der Waals surface area contributed by atoms with Crippen LogP contribution in [0.5, 0.6) is 0 Å². The summed E-state index contributed by atoms with van der Waals surface area (Å²) in [6, 6.07) is 1.93. The van der Waals surface area contributed by atoms with E-state index in [1.165, 1.54) is 0 Å². The van der Waals surface area contributed by atoms with Crippen LogP contribution >= 0.6 is 0 Å². The Kier molecular flexibility index (Phi) is 17.7. The fraction of sp³-hybridized carbons (Fsp3) is 0.909. The monoisotopic (exact) mass is 490 g/mol. The second-order valence-electron chi connectivity index (χ2n) is 9.37. The summed E-state index contributed by atoms with van der Waals surface area (Å²) in [5, 5.41) is 11.6. The van der Waals surface area contributed by atoms with Gasteiger partial charge in [0.05, 0.1) is 0 Å². The summed E-state index contributed by atoms with van der Waals surface area (Å²) in [5.74, 6) is 0. The molecule has 32 heavy (non-hydrogen) atoms. The first kappa shape index (κ1) is 30.9. The molecule has 0 saturated carbocycles. The third kappa shape index (κ3) is 19.6. The molecule has 0 saturated heterocycles. The van der Waals surface area contributed by atoms with Gasteiger partial charge in [0.15, 0.2) is 16.6 Å². The Labute approximate surface area is 198 Å². The van der Waals surface area contributed by atoms with Crippen LogP contribution in [0.3, 0.4) is 0 Å². The van der Waals surface area contributed by atoms with Crippen molar-refractivity contribution in [1.29, 1.82) is 0 Å². The van der Waals surface area contributed by atoms with Gasteiger partial charge >= 0.3 is 12.1 Å². The smallest absolute Gasteiger partial charge is 0.314 e. The quantitative estimate of drug-likeness (QED) is 0.159.